The number of aromatic nitrogens is 4. The van der Waals surface area contributed by atoms with Crippen molar-refractivity contribution in [3.8, 4) is 0 Å². The largest absolute Gasteiger partial charge is 0.481 e. The van der Waals surface area contributed by atoms with Crippen LogP contribution in [0.3, 0.4) is 0 Å². The molecule has 10 nitrogen and oxygen atoms in total. The van der Waals surface area contributed by atoms with Crippen LogP contribution >= 0.6 is 0 Å². The number of aryl methyl sites for hydroxylation is 2. The van der Waals surface area contributed by atoms with E-state index in [1.165, 1.54) is 23.0 Å². The molecule has 0 amide bonds. The number of rotatable bonds is 7. The van der Waals surface area contributed by atoms with Gasteiger partial charge in [0, 0.05) is 18.2 Å². The van der Waals surface area contributed by atoms with Crippen molar-refractivity contribution >= 4 is 27.6 Å². The number of nitrogens with zero attached hydrogens (tertiary/aromatic N) is 4. The zero-order chi connectivity index (χ0) is 18.7. The Morgan fingerprint density at radius 2 is 2.00 bits per heavy atom. The molecule has 0 saturated heterocycles. The molecule has 0 atom stereocenters. The number of benzene rings is 1. The van der Waals surface area contributed by atoms with Gasteiger partial charge in [0.25, 0.3) is 15.8 Å². The maximum atomic E-state index is 12.4. The molecule has 2 aromatic heterocycles. The third kappa shape index (κ3) is 3.95. The number of aliphatic carboxylic acids is 1. The molecular weight excluding hydrogens is 360 g/mol. The van der Waals surface area contributed by atoms with Gasteiger partial charge in [-0.1, -0.05) is 12.1 Å². The molecule has 3 N–H and O–H groups in total. The van der Waals surface area contributed by atoms with E-state index in [0.717, 1.165) is 5.56 Å². The Kier molecular flexibility index (Phi) is 4.82. The van der Waals surface area contributed by atoms with Gasteiger partial charge < -0.3 is 5.11 Å². The Morgan fingerprint density at radius 1 is 1.27 bits per heavy atom. The molecule has 0 radical (unpaired) electrons. The number of fused-ring (bicyclic) bond motifs is 1. The number of nitrogens with one attached hydrogen (secondary N) is 2. The Bertz CT molecular complexity index is 1050. The molecule has 0 aliphatic carbocycles. The van der Waals surface area contributed by atoms with Gasteiger partial charge >= 0.3 is 5.97 Å². The highest BCUT2D eigenvalue weighted by atomic mass is 32.2. The number of hydrazine groups is 1. The second-order valence-electron chi connectivity index (χ2n) is 5.52. The molecule has 26 heavy (non-hydrogen) atoms. The third-order valence-electron chi connectivity index (χ3n) is 3.55. The molecule has 3 rings (SSSR count). The van der Waals surface area contributed by atoms with Crippen molar-refractivity contribution in [1.82, 2.24) is 24.4 Å². The van der Waals surface area contributed by atoms with Crippen molar-refractivity contribution in [3.63, 3.8) is 0 Å². The summed E-state index contributed by atoms with van der Waals surface area (Å²) in [6.45, 7) is 1.75. The molecule has 1 aromatic carbocycles. The van der Waals surface area contributed by atoms with Gasteiger partial charge in [-0.2, -0.15) is 14.6 Å². The van der Waals surface area contributed by atoms with Crippen LogP contribution in [0.4, 0.5) is 5.82 Å². The summed E-state index contributed by atoms with van der Waals surface area (Å²) in [5.41, 5.74) is 4.00. The van der Waals surface area contributed by atoms with Gasteiger partial charge in [-0.25, -0.2) is 13.4 Å². The van der Waals surface area contributed by atoms with Crippen LogP contribution in [0.25, 0.3) is 5.78 Å². The summed E-state index contributed by atoms with van der Waals surface area (Å²) in [4.78, 5) is 21.0. The first-order valence-electron chi connectivity index (χ1n) is 7.61. The third-order valence-corrected chi connectivity index (χ3v) is 4.82. The zero-order valence-corrected chi connectivity index (χ0v) is 14.6. The van der Waals surface area contributed by atoms with Crippen LogP contribution in [0.15, 0.2) is 41.6 Å². The number of hydrogen-bond acceptors (Lipinski definition) is 7. The lowest BCUT2D eigenvalue weighted by Gasteiger charge is -2.11. The fraction of sp³-hybridized carbons (Fsp3) is 0.200. The highest BCUT2D eigenvalue weighted by Gasteiger charge is 2.15. The highest BCUT2D eigenvalue weighted by molar-refractivity contribution is 7.89. The highest BCUT2D eigenvalue weighted by Crippen LogP contribution is 2.13. The Hall–Kier alpha value is -3.05. The van der Waals surface area contributed by atoms with Crippen molar-refractivity contribution in [2.45, 2.75) is 24.7 Å². The lowest BCUT2D eigenvalue weighted by molar-refractivity contribution is -0.136. The van der Waals surface area contributed by atoms with Crippen LogP contribution in [0.1, 0.15) is 17.7 Å². The van der Waals surface area contributed by atoms with E-state index in [1.54, 1.807) is 25.1 Å². The van der Waals surface area contributed by atoms with E-state index in [1.807, 2.05) is 0 Å². The summed E-state index contributed by atoms with van der Waals surface area (Å²) in [6, 6.07) is 7.64. The van der Waals surface area contributed by atoms with E-state index in [4.69, 9.17) is 5.11 Å². The van der Waals surface area contributed by atoms with Gasteiger partial charge in [0.1, 0.15) is 12.1 Å². The van der Waals surface area contributed by atoms with Gasteiger partial charge in [0.15, 0.2) is 0 Å². The maximum absolute atomic E-state index is 12.4. The minimum Gasteiger partial charge on any atom is -0.481 e. The predicted octanol–water partition coefficient (Wildman–Crippen LogP) is 0.755. The van der Waals surface area contributed by atoms with Crippen LogP contribution < -0.4 is 10.3 Å². The monoisotopic (exact) mass is 376 g/mol. The number of hydrogen-bond donors (Lipinski definition) is 3. The Morgan fingerprint density at radius 3 is 2.69 bits per heavy atom. The molecule has 11 heteroatoms. The van der Waals surface area contributed by atoms with Gasteiger partial charge in [0.2, 0.25) is 0 Å². The van der Waals surface area contributed by atoms with Crippen LogP contribution in [0, 0.1) is 6.92 Å². The number of carboxylic acid groups (broad SMARTS) is 1. The molecule has 3 aromatic rings. The van der Waals surface area contributed by atoms with Crippen LogP contribution in [0.2, 0.25) is 0 Å². The summed E-state index contributed by atoms with van der Waals surface area (Å²) in [5, 5.41) is 12.7. The van der Waals surface area contributed by atoms with E-state index in [2.05, 4.69) is 25.3 Å². The fourth-order valence-corrected chi connectivity index (χ4v) is 3.14. The van der Waals surface area contributed by atoms with Crippen molar-refractivity contribution in [1.29, 1.82) is 0 Å². The summed E-state index contributed by atoms with van der Waals surface area (Å²) >= 11 is 0. The predicted molar refractivity (Wildman–Crippen MR) is 91.9 cm³/mol. The molecule has 0 bridgehead atoms. The van der Waals surface area contributed by atoms with Crippen molar-refractivity contribution in [2.24, 2.45) is 0 Å². The summed E-state index contributed by atoms with van der Waals surface area (Å²) in [7, 11) is -3.83. The molecule has 0 saturated carbocycles. The fourth-order valence-electron chi connectivity index (χ4n) is 2.28. The van der Waals surface area contributed by atoms with Crippen LogP contribution in [-0.4, -0.2) is 39.1 Å². The van der Waals surface area contributed by atoms with Crippen molar-refractivity contribution in [3.05, 3.63) is 47.9 Å². The van der Waals surface area contributed by atoms with E-state index < -0.39 is 16.0 Å². The normalized spacial score (nSPS) is 11.6. The van der Waals surface area contributed by atoms with Gasteiger partial charge in [-0.3, -0.25) is 10.2 Å². The molecule has 136 valence electrons. The average molecular weight is 376 g/mol. The lowest BCUT2D eigenvalue weighted by atomic mass is 10.1. The zero-order valence-electron chi connectivity index (χ0n) is 13.7. The molecule has 0 unspecified atom stereocenters. The minimum absolute atomic E-state index is 0.0127. The topological polar surface area (TPSA) is 139 Å². The standard InChI is InChI=1S/C15H16N6O4S/c1-10-8-13(21-15(18-10)16-9-17-21)19-20-26(24,25)12-5-2-11(3-6-12)4-7-14(22)23/h2-3,5-6,8-9,19-20H,4,7H2,1H3,(H,22,23). The van der Waals surface area contributed by atoms with E-state index in [9.17, 15) is 13.2 Å². The summed E-state index contributed by atoms with van der Waals surface area (Å²) in [5.74, 6) is -0.194. The molecule has 2 heterocycles. The second kappa shape index (κ2) is 7.06. The van der Waals surface area contributed by atoms with Gasteiger partial charge in [0.05, 0.1) is 4.90 Å². The smallest absolute Gasteiger partial charge is 0.303 e. The van der Waals surface area contributed by atoms with E-state index >= 15 is 0 Å². The van der Waals surface area contributed by atoms with Crippen LogP contribution in [-0.2, 0) is 21.2 Å². The summed E-state index contributed by atoms with van der Waals surface area (Å²) < 4.78 is 26.2. The van der Waals surface area contributed by atoms with Crippen LogP contribution in [0.5, 0.6) is 0 Å². The number of sulfonamides is 1. The molecule has 0 aliphatic rings. The Balaban J connectivity index is 1.74. The maximum Gasteiger partial charge on any atom is 0.303 e. The first kappa shape index (κ1) is 17.8. The SMILES string of the molecule is Cc1cc(NNS(=O)(=O)c2ccc(CCC(=O)O)cc2)n2ncnc2n1. The lowest BCUT2D eigenvalue weighted by Crippen LogP contribution is -2.30. The summed E-state index contributed by atoms with van der Waals surface area (Å²) in [6.07, 6.45) is 1.64. The van der Waals surface area contributed by atoms with E-state index in [-0.39, 0.29) is 11.3 Å². The first-order chi connectivity index (χ1) is 12.3. The molecule has 0 spiro atoms. The van der Waals surface area contributed by atoms with Gasteiger partial charge in [-0.15, -0.1) is 4.83 Å². The number of anilines is 1. The second-order valence-corrected chi connectivity index (χ2v) is 7.21. The first-order valence-corrected chi connectivity index (χ1v) is 9.09. The average Bonchev–Trinajstić information content (AvgIpc) is 3.06. The Labute approximate surface area is 148 Å². The van der Waals surface area contributed by atoms with E-state index in [0.29, 0.717) is 23.7 Å². The molecular formula is C15H16N6O4S. The quantitative estimate of drug-likeness (QED) is 0.514. The molecule has 0 aliphatic heterocycles. The minimum atomic E-state index is -3.83. The molecule has 0 fully saturated rings. The number of carbonyl (C=O) groups is 1. The number of carboxylic acids is 1. The van der Waals surface area contributed by atoms with Crippen molar-refractivity contribution < 1.29 is 18.3 Å². The van der Waals surface area contributed by atoms with Crippen molar-refractivity contribution in [2.75, 3.05) is 5.43 Å². The van der Waals surface area contributed by atoms with Gasteiger partial charge in [-0.05, 0) is 31.0 Å².